The zero-order valence-corrected chi connectivity index (χ0v) is 17.7. The lowest BCUT2D eigenvalue weighted by Gasteiger charge is -2.36. The van der Waals surface area contributed by atoms with Gasteiger partial charge in [0, 0.05) is 33.2 Å². The number of halogens is 1. The van der Waals surface area contributed by atoms with Crippen molar-refractivity contribution in [1.82, 2.24) is 19.2 Å². The normalized spacial score (nSPS) is 13.8. The second-order valence-corrected chi connectivity index (χ2v) is 7.34. The van der Waals surface area contributed by atoms with E-state index in [0.29, 0.717) is 43.3 Å². The average Bonchev–Trinajstić information content (AvgIpc) is 2.83. The number of hydrogen-bond acceptors (Lipinski definition) is 6. The molecular formula is C22H22FN5O4. The highest BCUT2D eigenvalue weighted by molar-refractivity contribution is 5.92. The summed E-state index contributed by atoms with van der Waals surface area (Å²) in [6.07, 6.45) is 0. The van der Waals surface area contributed by atoms with Gasteiger partial charge in [0.15, 0.2) is 0 Å². The van der Waals surface area contributed by atoms with Crippen LogP contribution in [-0.4, -0.2) is 58.4 Å². The van der Waals surface area contributed by atoms with Crippen LogP contribution in [0.15, 0.2) is 58.1 Å². The van der Waals surface area contributed by atoms with Crippen molar-refractivity contribution in [2.45, 2.75) is 0 Å². The van der Waals surface area contributed by atoms with E-state index in [2.05, 4.69) is 5.10 Å². The van der Waals surface area contributed by atoms with E-state index in [1.807, 2.05) is 4.90 Å². The van der Waals surface area contributed by atoms with E-state index in [9.17, 15) is 18.8 Å². The van der Waals surface area contributed by atoms with Crippen LogP contribution in [0.4, 0.5) is 10.1 Å². The first kappa shape index (κ1) is 21.3. The monoisotopic (exact) mass is 439 g/mol. The lowest BCUT2D eigenvalue weighted by molar-refractivity contribution is 0.0735. The molecule has 9 nitrogen and oxygen atoms in total. The number of aromatic nitrogens is 3. The number of para-hydroxylation sites is 1. The fourth-order valence-corrected chi connectivity index (χ4v) is 3.61. The van der Waals surface area contributed by atoms with E-state index in [-0.39, 0.29) is 11.5 Å². The Hall–Kier alpha value is -3.95. The van der Waals surface area contributed by atoms with Crippen molar-refractivity contribution >= 4 is 11.6 Å². The van der Waals surface area contributed by atoms with E-state index in [0.717, 1.165) is 9.25 Å². The minimum atomic E-state index is -0.763. The summed E-state index contributed by atoms with van der Waals surface area (Å²) in [7, 11) is 2.83. The van der Waals surface area contributed by atoms with Crippen LogP contribution in [0, 0.1) is 5.82 Å². The van der Waals surface area contributed by atoms with Crippen molar-refractivity contribution in [1.29, 1.82) is 0 Å². The number of benzene rings is 2. The maximum atomic E-state index is 14.1. The molecule has 32 heavy (non-hydrogen) atoms. The topological polar surface area (TPSA) is 89.7 Å². The molecule has 10 heteroatoms. The summed E-state index contributed by atoms with van der Waals surface area (Å²) < 4.78 is 21.1. The molecule has 0 aliphatic carbocycles. The summed E-state index contributed by atoms with van der Waals surface area (Å²) in [5.74, 6) is -0.300. The lowest BCUT2D eigenvalue weighted by atomic mass is 10.2. The Morgan fingerprint density at radius 2 is 1.66 bits per heavy atom. The van der Waals surface area contributed by atoms with E-state index in [1.54, 1.807) is 42.5 Å². The number of carbonyl (C=O) groups is 1. The molecule has 0 N–H and O–H groups in total. The molecule has 0 saturated carbocycles. The Kier molecular flexibility index (Phi) is 5.76. The van der Waals surface area contributed by atoms with Gasteiger partial charge in [-0.25, -0.2) is 9.18 Å². The Balaban J connectivity index is 1.60. The smallest absolute Gasteiger partial charge is 0.351 e. The third-order valence-corrected chi connectivity index (χ3v) is 5.45. The van der Waals surface area contributed by atoms with Crippen LogP contribution in [0.25, 0.3) is 5.69 Å². The number of methoxy groups -OCH3 is 1. The molecule has 1 fully saturated rings. The van der Waals surface area contributed by atoms with Crippen molar-refractivity contribution in [3.8, 4) is 11.4 Å². The number of nitrogens with zero attached hydrogens (tertiary/aromatic N) is 5. The summed E-state index contributed by atoms with van der Waals surface area (Å²) in [4.78, 5) is 41.7. The fraction of sp³-hybridized carbons (Fsp3) is 0.273. The van der Waals surface area contributed by atoms with Gasteiger partial charge in [-0.1, -0.05) is 12.1 Å². The molecule has 1 aromatic heterocycles. The molecule has 1 aliphatic heterocycles. The molecule has 0 bridgehead atoms. The maximum Gasteiger partial charge on any atom is 0.351 e. The number of carbonyl (C=O) groups excluding carboxylic acids is 1. The minimum Gasteiger partial charge on any atom is -0.497 e. The first-order valence-corrected chi connectivity index (χ1v) is 10.0. The van der Waals surface area contributed by atoms with Gasteiger partial charge in [-0.3, -0.25) is 14.2 Å². The van der Waals surface area contributed by atoms with E-state index in [4.69, 9.17) is 4.74 Å². The van der Waals surface area contributed by atoms with Crippen molar-refractivity contribution in [3.05, 3.63) is 80.9 Å². The number of piperazine rings is 1. The highest BCUT2D eigenvalue weighted by atomic mass is 19.1. The van der Waals surface area contributed by atoms with Crippen LogP contribution in [0.2, 0.25) is 0 Å². The first-order valence-electron chi connectivity index (χ1n) is 10.0. The number of hydrogen-bond donors (Lipinski definition) is 0. The highest BCUT2D eigenvalue weighted by Crippen LogP contribution is 2.20. The van der Waals surface area contributed by atoms with E-state index >= 15 is 0 Å². The van der Waals surface area contributed by atoms with Crippen molar-refractivity contribution in [2.24, 2.45) is 7.05 Å². The molecule has 0 radical (unpaired) electrons. The van der Waals surface area contributed by atoms with Gasteiger partial charge in [-0.15, -0.1) is 0 Å². The van der Waals surface area contributed by atoms with Crippen LogP contribution in [0.1, 0.15) is 10.5 Å². The lowest BCUT2D eigenvalue weighted by Crippen LogP contribution is -2.51. The van der Waals surface area contributed by atoms with Crippen molar-refractivity contribution in [3.63, 3.8) is 0 Å². The van der Waals surface area contributed by atoms with Crippen molar-refractivity contribution in [2.75, 3.05) is 38.2 Å². The second kappa shape index (κ2) is 8.66. The minimum absolute atomic E-state index is 0.291. The van der Waals surface area contributed by atoms with Gasteiger partial charge in [0.1, 0.15) is 11.6 Å². The molecular weight excluding hydrogens is 417 g/mol. The Morgan fingerprint density at radius 3 is 2.28 bits per heavy atom. The molecule has 1 saturated heterocycles. The maximum absolute atomic E-state index is 14.1. The SMILES string of the molecule is COc1ccc(-n2nc(C(=O)N3CCN(c4ccccc4F)CC3)c(=O)n(C)c2=O)cc1. The number of anilines is 1. The van der Waals surface area contributed by atoms with Crippen molar-refractivity contribution < 1.29 is 13.9 Å². The van der Waals surface area contributed by atoms with Crippen LogP contribution in [-0.2, 0) is 7.05 Å². The third kappa shape index (κ3) is 3.86. The summed E-state index contributed by atoms with van der Waals surface area (Å²) >= 11 is 0. The van der Waals surface area contributed by atoms with Crippen LogP contribution in [0.5, 0.6) is 5.75 Å². The average molecular weight is 439 g/mol. The van der Waals surface area contributed by atoms with Gasteiger partial charge in [0.25, 0.3) is 11.5 Å². The largest absolute Gasteiger partial charge is 0.497 e. The highest BCUT2D eigenvalue weighted by Gasteiger charge is 2.27. The van der Waals surface area contributed by atoms with Gasteiger partial charge in [0.2, 0.25) is 5.69 Å². The van der Waals surface area contributed by atoms with E-state index < -0.39 is 17.2 Å². The summed E-state index contributed by atoms with van der Waals surface area (Å²) in [5.41, 5.74) is -0.906. The predicted octanol–water partition coefficient (Wildman–Crippen LogP) is 1.04. The Morgan fingerprint density at radius 1 is 1.00 bits per heavy atom. The number of rotatable bonds is 4. The Labute approximate surface area is 182 Å². The summed E-state index contributed by atoms with van der Waals surface area (Å²) in [5, 5.41) is 4.09. The summed E-state index contributed by atoms with van der Waals surface area (Å²) in [6, 6.07) is 13.0. The molecule has 4 rings (SSSR count). The standard InChI is InChI=1S/C22H22FN5O4/c1-25-20(29)19(24-28(22(25)31)15-7-9-16(32-2)10-8-15)21(30)27-13-11-26(12-14-27)18-6-4-3-5-17(18)23/h3-10H,11-14H2,1-2H3. The van der Waals surface area contributed by atoms with Gasteiger partial charge >= 0.3 is 5.69 Å². The zero-order chi connectivity index (χ0) is 22.8. The van der Waals surface area contributed by atoms with E-state index in [1.165, 1.54) is 25.1 Å². The molecule has 0 unspecified atom stereocenters. The number of amides is 1. The van der Waals surface area contributed by atoms with Gasteiger partial charge in [0.05, 0.1) is 18.5 Å². The molecule has 0 atom stereocenters. The Bertz CT molecular complexity index is 1260. The fourth-order valence-electron chi connectivity index (χ4n) is 3.61. The first-order chi connectivity index (χ1) is 15.4. The van der Waals surface area contributed by atoms with Crippen LogP contribution < -0.4 is 20.9 Å². The molecule has 0 spiro atoms. The predicted molar refractivity (Wildman–Crippen MR) is 116 cm³/mol. The van der Waals surface area contributed by atoms with Gasteiger partial charge in [-0.05, 0) is 36.4 Å². The second-order valence-electron chi connectivity index (χ2n) is 7.34. The molecule has 166 valence electrons. The summed E-state index contributed by atoms with van der Waals surface area (Å²) in [6.45, 7) is 1.40. The van der Waals surface area contributed by atoms with Gasteiger partial charge < -0.3 is 14.5 Å². The molecule has 2 aromatic carbocycles. The molecule has 2 heterocycles. The molecule has 3 aromatic rings. The van der Waals surface area contributed by atoms with Crippen LogP contribution >= 0.6 is 0 Å². The zero-order valence-electron chi connectivity index (χ0n) is 17.7. The molecule has 1 amide bonds. The number of ether oxygens (including phenoxy) is 1. The van der Waals surface area contributed by atoms with Crippen LogP contribution in [0.3, 0.4) is 0 Å². The quantitative estimate of drug-likeness (QED) is 0.604. The third-order valence-electron chi connectivity index (χ3n) is 5.45. The van der Waals surface area contributed by atoms with Gasteiger partial charge in [-0.2, -0.15) is 9.78 Å². The molecule has 1 aliphatic rings.